The molecule has 1 aliphatic heterocycles. The van der Waals surface area contributed by atoms with Gasteiger partial charge in [-0.15, -0.1) is 0 Å². The number of benzene rings is 1. The number of carbonyl (C=O) groups excluding carboxylic acids is 1. The van der Waals surface area contributed by atoms with E-state index < -0.39 is 0 Å². The largest absolute Gasteiger partial charge is 0.338 e. The summed E-state index contributed by atoms with van der Waals surface area (Å²) in [5.74, 6) is 0.158. The third-order valence-corrected chi connectivity index (χ3v) is 4.28. The highest BCUT2D eigenvalue weighted by atomic mass is 16.2. The van der Waals surface area contributed by atoms with Crippen LogP contribution in [0, 0.1) is 0 Å². The Hall–Kier alpha value is -1.35. The van der Waals surface area contributed by atoms with E-state index in [1.165, 1.54) is 11.1 Å². The highest BCUT2D eigenvalue weighted by Gasteiger charge is 2.32. The van der Waals surface area contributed by atoms with Gasteiger partial charge >= 0.3 is 0 Å². The van der Waals surface area contributed by atoms with Crippen molar-refractivity contribution in [1.29, 1.82) is 0 Å². The second-order valence-corrected chi connectivity index (χ2v) is 5.45. The summed E-state index contributed by atoms with van der Waals surface area (Å²) in [6.07, 6.45) is 5.05. The average Bonchev–Trinajstić information content (AvgIpc) is 2.41. The molecule has 1 saturated heterocycles. The third-order valence-electron chi connectivity index (χ3n) is 4.28. The van der Waals surface area contributed by atoms with Crippen molar-refractivity contribution in [3.8, 4) is 0 Å². The summed E-state index contributed by atoms with van der Waals surface area (Å²) in [7, 11) is 0. The average molecular weight is 244 g/mol. The summed E-state index contributed by atoms with van der Waals surface area (Å²) in [6, 6.07) is 8.67. The highest BCUT2D eigenvalue weighted by Crippen LogP contribution is 2.26. The molecular formula is C15H20N2O. The predicted molar refractivity (Wildman–Crippen MR) is 71.2 cm³/mol. The van der Waals surface area contributed by atoms with Gasteiger partial charge in [0.15, 0.2) is 0 Å². The molecule has 1 fully saturated rings. The van der Waals surface area contributed by atoms with Crippen LogP contribution in [-0.2, 0) is 17.6 Å². The maximum atomic E-state index is 12.1. The van der Waals surface area contributed by atoms with Gasteiger partial charge in [0.25, 0.3) is 0 Å². The monoisotopic (exact) mass is 244 g/mol. The second-order valence-electron chi connectivity index (χ2n) is 5.45. The number of hydrogen-bond acceptors (Lipinski definition) is 2. The Morgan fingerprint density at radius 3 is 2.78 bits per heavy atom. The molecule has 18 heavy (non-hydrogen) atoms. The van der Waals surface area contributed by atoms with Crippen LogP contribution in [0.3, 0.4) is 0 Å². The van der Waals surface area contributed by atoms with E-state index in [9.17, 15) is 4.79 Å². The van der Waals surface area contributed by atoms with Crippen LogP contribution in [0.2, 0.25) is 0 Å². The molecule has 1 amide bonds. The lowest BCUT2D eigenvalue weighted by Crippen LogP contribution is -2.53. The Kier molecular flexibility index (Phi) is 3.08. The fourth-order valence-electron chi connectivity index (χ4n) is 3.24. The summed E-state index contributed by atoms with van der Waals surface area (Å²) in [6.45, 7) is 0.888. The fraction of sp³-hybridized carbons (Fsp3) is 0.533. The standard InChI is InChI=1S/C15H20N2O/c16-14-6-3-9-17(15(14)18)13-8-7-11-4-1-2-5-12(11)10-13/h1-2,4-5,13-14H,3,6-10,16H2. The Bertz CT molecular complexity index is 458. The van der Waals surface area contributed by atoms with Gasteiger partial charge in [0.05, 0.1) is 6.04 Å². The minimum atomic E-state index is -0.268. The number of likely N-dealkylation sites (tertiary alicyclic amines) is 1. The first-order valence-corrected chi connectivity index (χ1v) is 6.88. The number of aryl methyl sites for hydroxylation is 1. The van der Waals surface area contributed by atoms with Gasteiger partial charge in [-0.2, -0.15) is 0 Å². The topological polar surface area (TPSA) is 46.3 Å². The van der Waals surface area contributed by atoms with Crippen molar-refractivity contribution in [2.24, 2.45) is 5.73 Å². The van der Waals surface area contributed by atoms with Crippen molar-refractivity contribution in [3.05, 3.63) is 35.4 Å². The summed E-state index contributed by atoms with van der Waals surface area (Å²) < 4.78 is 0. The van der Waals surface area contributed by atoms with Crippen molar-refractivity contribution in [2.75, 3.05) is 6.54 Å². The van der Waals surface area contributed by atoms with Gasteiger partial charge < -0.3 is 10.6 Å². The van der Waals surface area contributed by atoms with E-state index in [-0.39, 0.29) is 11.9 Å². The zero-order chi connectivity index (χ0) is 12.5. The molecule has 0 saturated carbocycles. The molecule has 2 aliphatic rings. The van der Waals surface area contributed by atoms with E-state index in [0.29, 0.717) is 6.04 Å². The van der Waals surface area contributed by atoms with Gasteiger partial charge in [-0.3, -0.25) is 4.79 Å². The molecule has 3 nitrogen and oxygen atoms in total. The number of carbonyl (C=O) groups is 1. The van der Waals surface area contributed by atoms with Crippen LogP contribution in [-0.4, -0.2) is 29.4 Å². The van der Waals surface area contributed by atoms with Crippen molar-refractivity contribution in [1.82, 2.24) is 4.90 Å². The second kappa shape index (κ2) is 4.73. The fourth-order valence-corrected chi connectivity index (χ4v) is 3.24. The number of piperidine rings is 1. The van der Waals surface area contributed by atoms with Gasteiger partial charge in [-0.25, -0.2) is 0 Å². The minimum Gasteiger partial charge on any atom is -0.338 e. The lowest BCUT2D eigenvalue weighted by Gasteiger charge is -2.39. The number of nitrogens with zero attached hydrogens (tertiary/aromatic N) is 1. The van der Waals surface area contributed by atoms with E-state index >= 15 is 0 Å². The molecule has 1 aromatic carbocycles. The van der Waals surface area contributed by atoms with Crippen LogP contribution in [0.25, 0.3) is 0 Å². The van der Waals surface area contributed by atoms with E-state index in [1.54, 1.807) is 0 Å². The maximum absolute atomic E-state index is 12.1. The molecule has 0 aromatic heterocycles. The first kappa shape index (κ1) is 11.7. The van der Waals surface area contributed by atoms with Crippen LogP contribution in [0.15, 0.2) is 24.3 Å². The van der Waals surface area contributed by atoms with Crippen LogP contribution >= 0.6 is 0 Å². The van der Waals surface area contributed by atoms with Crippen LogP contribution in [0.5, 0.6) is 0 Å². The summed E-state index contributed by atoms with van der Waals surface area (Å²) in [5, 5.41) is 0. The van der Waals surface area contributed by atoms with Gasteiger partial charge in [-0.1, -0.05) is 24.3 Å². The third kappa shape index (κ3) is 2.03. The molecular weight excluding hydrogens is 224 g/mol. The number of nitrogens with two attached hydrogens (primary N) is 1. The molecule has 0 radical (unpaired) electrons. The highest BCUT2D eigenvalue weighted by molar-refractivity contribution is 5.82. The number of rotatable bonds is 1. The molecule has 2 atom stereocenters. The molecule has 3 rings (SSSR count). The van der Waals surface area contributed by atoms with Crippen molar-refractivity contribution < 1.29 is 4.79 Å². The predicted octanol–water partition coefficient (Wildman–Crippen LogP) is 1.49. The molecule has 2 unspecified atom stereocenters. The quantitative estimate of drug-likeness (QED) is 0.813. The number of amides is 1. The van der Waals surface area contributed by atoms with Crippen LogP contribution in [0.1, 0.15) is 30.4 Å². The Morgan fingerprint density at radius 2 is 1.94 bits per heavy atom. The zero-order valence-electron chi connectivity index (χ0n) is 10.6. The number of fused-ring (bicyclic) bond motifs is 1. The first-order chi connectivity index (χ1) is 8.75. The van der Waals surface area contributed by atoms with E-state index in [2.05, 4.69) is 24.3 Å². The lowest BCUT2D eigenvalue weighted by molar-refractivity contribution is -0.137. The molecule has 2 N–H and O–H groups in total. The lowest BCUT2D eigenvalue weighted by atomic mass is 9.86. The van der Waals surface area contributed by atoms with Crippen LogP contribution < -0.4 is 5.73 Å². The van der Waals surface area contributed by atoms with Gasteiger partial charge in [0.1, 0.15) is 0 Å². The van der Waals surface area contributed by atoms with Gasteiger partial charge in [0, 0.05) is 12.6 Å². The molecule has 1 aliphatic carbocycles. The first-order valence-electron chi connectivity index (χ1n) is 6.88. The smallest absolute Gasteiger partial charge is 0.239 e. The summed E-state index contributed by atoms with van der Waals surface area (Å²) in [4.78, 5) is 14.2. The maximum Gasteiger partial charge on any atom is 0.239 e. The van der Waals surface area contributed by atoms with Crippen molar-refractivity contribution >= 4 is 5.91 Å². The van der Waals surface area contributed by atoms with E-state index in [0.717, 1.165) is 38.6 Å². The van der Waals surface area contributed by atoms with Gasteiger partial charge in [0.2, 0.25) is 5.91 Å². The molecule has 96 valence electrons. The summed E-state index contributed by atoms with van der Waals surface area (Å²) >= 11 is 0. The Morgan fingerprint density at radius 1 is 1.17 bits per heavy atom. The molecule has 1 heterocycles. The molecule has 1 aromatic rings. The van der Waals surface area contributed by atoms with E-state index in [4.69, 9.17) is 5.73 Å². The Balaban J connectivity index is 1.77. The number of hydrogen-bond donors (Lipinski definition) is 1. The molecule has 0 bridgehead atoms. The Labute approximate surface area is 108 Å². The summed E-state index contributed by atoms with van der Waals surface area (Å²) in [5.41, 5.74) is 8.73. The molecule has 0 spiro atoms. The zero-order valence-corrected chi connectivity index (χ0v) is 10.6. The molecule has 3 heteroatoms. The van der Waals surface area contributed by atoms with Crippen molar-refractivity contribution in [2.45, 2.75) is 44.2 Å². The minimum absolute atomic E-state index is 0.158. The van der Waals surface area contributed by atoms with Crippen LogP contribution in [0.4, 0.5) is 0 Å². The van der Waals surface area contributed by atoms with Gasteiger partial charge in [-0.05, 0) is 43.2 Å². The SMILES string of the molecule is NC1CCCN(C2CCc3ccccc3C2)C1=O. The van der Waals surface area contributed by atoms with Crippen molar-refractivity contribution in [3.63, 3.8) is 0 Å². The van der Waals surface area contributed by atoms with E-state index in [1.807, 2.05) is 4.90 Å². The normalized spacial score (nSPS) is 28.1.